The van der Waals surface area contributed by atoms with Crippen LogP contribution in [-0.2, 0) is 10.0 Å². The summed E-state index contributed by atoms with van der Waals surface area (Å²) < 4.78 is 25.1. The van der Waals surface area contributed by atoms with E-state index in [2.05, 4.69) is 17.3 Å². The molecule has 0 aromatic heterocycles. The molecule has 0 aromatic carbocycles. The molecule has 2 heterocycles. The number of hydrogen-bond acceptors (Lipinski definition) is 5. The SMILES string of the molecule is CNC(CC1CCCN(S(C)(=O)=O)C1)C1CSCCN1C. The number of likely N-dealkylation sites (N-methyl/N-ethyl adjacent to an activating group) is 2. The lowest BCUT2D eigenvalue weighted by molar-refractivity contribution is 0.175. The average molecular weight is 336 g/mol. The topological polar surface area (TPSA) is 52.7 Å². The minimum absolute atomic E-state index is 0.451. The van der Waals surface area contributed by atoms with Crippen molar-refractivity contribution in [2.75, 3.05) is 51.5 Å². The molecule has 2 fully saturated rings. The van der Waals surface area contributed by atoms with Gasteiger partial charge in [0.15, 0.2) is 0 Å². The van der Waals surface area contributed by atoms with Crippen molar-refractivity contribution in [3.05, 3.63) is 0 Å². The second-order valence-corrected chi connectivity index (χ2v) is 9.52. The zero-order valence-corrected chi connectivity index (χ0v) is 15.0. The van der Waals surface area contributed by atoms with Gasteiger partial charge >= 0.3 is 0 Å². The fourth-order valence-electron chi connectivity index (χ4n) is 3.48. The van der Waals surface area contributed by atoms with Gasteiger partial charge in [0.25, 0.3) is 0 Å². The Morgan fingerprint density at radius 3 is 2.76 bits per heavy atom. The van der Waals surface area contributed by atoms with E-state index < -0.39 is 10.0 Å². The van der Waals surface area contributed by atoms with Crippen LogP contribution in [0.4, 0.5) is 0 Å². The molecule has 2 rings (SSSR count). The standard InChI is InChI=1S/C14H29N3O2S2/c1-15-13(14-11-20-8-7-16(14)2)9-12-5-4-6-17(10-12)21(3,18)19/h12-15H,4-11H2,1-3H3. The van der Waals surface area contributed by atoms with E-state index in [1.807, 2.05) is 18.8 Å². The first-order valence-electron chi connectivity index (χ1n) is 7.82. The molecule has 21 heavy (non-hydrogen) atoms. The van der Waals surface area contributed by atoms with Gasteiger partial charge in [0, 0.05) is 43.2 Å². The Labute approximate surface area is 133 Å². The summed E-state index contributed by atoms with van der Waals surface area (Å²) in [4.78, 5) is 2.45. The van der Waals surface area contributed by atoms with Gasteiger partial charge in [-0.2, -0.15) is 11.8 Å². The summed E-state index contributed by atoms with van der Waals surface area (Å²) in [6, 6.07) is 1.01. The molecule has 124 valence electrons. The third-order valence-electron chi connectivity index (χ3n) is 4.82. The molecule has 3 unspecified atom stereocenters. The lowest BCUT2D eigenvalue weighted by Gasteiger charge is -2.40. The average Bonchev–Trinajstić information content (AvgIpc) is 2.45. The summed E-state index contributed by atoms with van der Waals surface area (Å²) in [6.45, 7) is 2.53. The molecule has 0 aromatic rings. The Morgan fingerprint density at radius 1 is 1.38 bits per heavy atom. The summed E-state index contributed by atoms with van der Waals surface area (Å²) in [6.07, 6.45) is 4.53. The fraction of sp³-hybridized carbons (Fsp3) is 1.00. The van der Waals surface area contributed by atoms with Gasteiger partial charge in [-0.25, -0.2) is 12.7 Å². The lowest BCUT2D eigenvalue weighted by Crippen LogP contribution is -2.53. The maximum absolute atomic E-state index is 11.7. The number of piperidine rings is 1. The molecule has 2 saturated heterocycles. The molecule has 3 atom stereocenters. The normalized spacial score (nSPS) is 31.2. The summed E-state index contributed by atoms with van der Waals surface area (Å²) in [5.41, 5.74) is 0. The third kappa shape index (κ3) is 4.82. The summed E-state index contributed by atoms with van der Waals surface area (Å²) in [5.74, 6) is 2.87. The smallest absolute Gasteiger partial charge is 0.211 e. The van der Waals surface area contributed by atoms with Crippen molar-refractivity contribution in [1.29, 1.82) is 0 Å². The Kier molecular flexibility index (Phi) is 6.38. The van der Waals surface area contributed by atoms with Crippen LogP contribution < -0.4 is 5.32 Å². The first-order valence-corrected chi connectivity index (χ1v) is 10.8. The van der Waals surface area contributed by atoms with Gasteiger partial charge < -0.3 is 10.2 Å². The molecular weight excluding hydrogens is 306 g/mol. The molecule has 7 heteroatoms. The summed E-state index contributed by atoms with van der Waals surface area (Å²) in [7, 11) is 1.20. The van der Waals surface area contributed by atoms with Gasteiger partial charge in [-0.15, -0.1) is 0 Å². The number of nitrogens with one attached hydrogen (secondary N) is 1. The predicted molar refractivity (Wildman–Crippen MR) is 90.3 cm³/mol. The molecule has 0 amide bonds. The van der Waals surface area contributed by atoms with E-state index in [-0.39, 0.29) is 0 Å². The summed E-state index contributed by atoms with van der Waals surface area (Å²) in [5, 5.41) is 3.48. The second-order valence-electron chi connectivity index (χ2n) is 6.38. The third-order valence-corrected chi connectivity index (χ3v) is 7.13. The van der Waals surface area contributed by atoms with Crippen LogP contribution in [0.25, 0.3) is 0 Å². The Hall–Kier alpha value is 0.180. The summed E-state index contributed by atoms with van der Waals surface area (Å²) >= 11 is 2.03. The highest BCUT2D eigenvalue weighted by atomic mass is 32.2. The van der Waals surface area contributed by atoms with Crippen molar-refractivity contribution >= 4 is 21.8 Å². The van der Waals surface area contributed by atoms with Crippen molar-refractivity contribution in [1.82, 2.24) is 14.5 Å². The van der Waals surface area contributed by atoms with Crippen molar-refractivity contribution in [3.63, 3.8) is 0 Å². The highest BCUT2D eigenvalue weighted by molar-refractivity contribution is 7.99. The molecule has 1 N–H and O–H groups in total. The largest absolute Gasteiger partial charge is 0.315 e. The van der Waals surface area contributed by atoms with Crippen LogP contribution in [0.15, 0.2) is 0 Å². The van der Waals surface area contributed by atoms with Crippen LogP contribution in [-0.4, -0.2) is 81.2 Å². The maximum atomic E-state index is 11.7. The van der Waals surface area contributed by atoms with Crippen LogP contribution in [0.3, 0.4) is 0 Å². The quantitative estimate of drug-likeness (QED) is 0.801. The molecule has 0 spiro atoms. The van der Waals surface area contributed by atoms with E-state index in [9.17, 15) is 8.42 Å². The van der Waals surface area contributed by atoms with Crippen molar-refractivity contribution in [2.45, 2.75) is 31.3 Å². The number of rotatable bonds is 5. The monoisotopic (exact) mass is 335 g/mol. The van der Waals surface area contributed by atoms with Gasteiger partial charge in [-0.3, -0.25) is 0 Å². The van der Waals surface area contributed by atoms with Crippen molar-refractivity contribution in [2.24, 2.45) is 5.92 Å². The van der Waals surface area contributed by atoms with Crippen LogP contribution in [0.2, 0.25) is 0 Å². The zero-order chi connectivity index (χ0) is 15.5. The highest BCUT2D eigenvalue weighted by Gasteiger charge is 2.32. The molecule has 0 saturated carbocycles. The molecule has 2 aliphatic rings. The first kappa shape index (κ1) is 17.5. The van der Waals surface area contributed by atoms with E-state index in [0.717, 1.165) is 25.8 Å². The van der Waals surface area contributed by atoms with Gasteiger partial charge in [-0.1, -0.05) is 0 Å². The van der Waals surface area contributed by atoms with Gasteiger partial charge in [0.2, 0.25) is 10.0 Å². The molecule has 0 bridgehead atoms. The van der Waals surface area contributed by atoms with Crippen LogP contribution in [0, 0.1) is 5.92 Å². The predicted octanol–water partition coefficient (Wildman–Crippen LogP) is 0.683. The molecule has 2 aliphatic heterocycles. The highest BCUT2D eigenvalue weighted by Crippen LogP contribution is 2.26. The Balaban J connectivity index is 1.94. The number of thioether (sulfide) groups is 1. The minimum Gasteiger partial charge on any atom is -0.315 e. The van der Waals surface area contributed by atoms with E-state index in [4.69, 9.17) is 0 Å². The zero-order valence-electron chi connectivity index (χ0n) is 13.4. The Morgan fingerprint density at radius 2 is 2.14 bits per heavy atom. The van der Waals surface area contributed by atoms with Gasteiger partial charge in [0.1, 0.15) is 0 Å². The fourth-order valence-corrected chi connectivity index (χ4v) is 5.73. The van der Waals surface area contributed by atoms with Crippen LogP contribution in [0.5, 0.6) is 0 Å². The van der Waals surface area contributed by atoms with Gasteiger partial charge in [-0.05, 0) is 39.3 Å². The molecular formula is C14H29N3O2S2. The number of hydrogen-bond donors (Lipinski definition) is 1. The van der Waals surface area contributed by atoms with Crippen LogP contribution >= 0.6 is 11.8 Å². The van der Waals surface area contributed by atoms with Crippen LogP contribution in [0.1, 0.15) is 19.3 Å². The van der Waals surface area contributed by atoms with Crippen molar-refractivity contribution < 1.29 is 8.42 Å². The molecule has 0 radical (unpaired) electrons. The van der Waals surface area contributed by atoms with E-state index in [1.54, 1.807) is 4.31 Å². The minimum atomic E-state index is -3.04. The number of sulfonamides is 1. The number of nitrogens with zero attached hydrogens (tertiary/aromatic N) is 2. The molecule has 0 aliphatic carbocycles. The second kappa shape index (κ2) is 7.64. The van der Waals surface area contributed by atoms with E-state index in [0.29, 0.717) is 31.1 Å². The van der Waals surface area contributed by atoms with Gasteiger partial charge in [0.05, 0.1) is 6.26 Å². The van der Waals surface area contributed by atoms with Crippen molar-refractivity contribution in [3.8, 4) is 0 Å². The van der Waals surface area contributed by atoms with E-state index in [1.165, 1.54) is 17.8 Å². The van der Waals surface area contributed by atoms with E-state index >= 15 is 0 Å². The maximum Gasteiger partial charge on any atom is 0.211 e. The first-order chi connectivity index (χ1) is 9.91. The lowest BCUT2D eigenvalue weighted by atomic mass is 9.89. The Bertz CT molecular complexity index is 430. The molecule has 5 nitrogen and oxygen atoms in total.